The summed E-state index contributed by atoms with van der Waals surface area (Å²) in [7, 11) is 4.33. The number of halogens is 1. The smallest absolute Gasteiger partial charge is 0.0426 e. The first-order chi connectivity index (χ1) is 8.90. The number of hydrogen-bond acceptors (Lipinski definition) is 3. The van der Waals surface area contributed by atoms with Crippen molar-refractivity contribution in [2.75, 3.05) is 32.1 Å². The minimum Gasteiger partial charge on any atom is -0.369 e. The Kier molecular flexibility index (Phi) is 4.54. The van der Waals surface area contributed by atoms with Crippen molar-refractivity contribution in [2.24, 2.45) is 11.7 Å². The first-order valence-corrected chi connectivity index (χ1v) is 7.66. The predicted molar refractivity (Wildman–Crippen MR) is 85.6 cm³/mol. The van der Waals surface area contributed by atoms with E-state index in [9.17, 15) is 0 Å². The first-order valence-electron chi connectivity index (χ1n) is 6.86. The summed E-state index contributed by atoms with van der Waals surface area (Å²) in [5.74, 6) is 0.676. The summed E-state index contributed by atoms with van der Waals surface area (Å²) >= 11 is 3.57. The van der Waals surface area contributed by atoms with Crippen molar-refractivity contribution in [3.63, 3.8) is 0 Å². The van der Waals surface area contributed by atoms with Crippen LogP contribution in [-0.2, 0) is 0 Å². The van der Waals surface area contributed by atoms with Crippen LogP contribution in [0.5, 0.6) is 0 Å². The van der Waals surface area contributed by atoms with Crippen molar-refractivity contribution in [1.29, 1.82) is 0 Å². The van der Waals surface area contributed by atoms with E-state index in [4.69, 9.17) is 5.73 Å². The molecule has 19 heavy (non-hydrogen) atoms. The van der Waals surface area contributed by atoms with Crippen LogP contribution in [-0.4, -0.2) is 38.1 Å². The van der Waals surface area contributed by atoms with Gasteiger partial charge in [-0.25, -0.2) is 0 Å². The molecule has 0 aliphatic carbocycles. The zero-order valence-electron chi connectivity index (χ0n) is 12.2. The quantitative estimate of drug-likeness (QED) is 0.927. The molecule has 3 nitrogen and oxygen atoms in total. The maximum absolute atomic E-state index is 6.11. The monoisotopic (exact) mass is 325 g/mol. The van der Waals surface area contributed by atoms with Gasteiger partial charge in [-0.3, -0.25) is 0 Å². The summed E-state index contributed by atoms with van der Waals surface area (Å²) in [4.78, 5) is 4.80. The molecule has 1 aliphatic rings. The van der Waals surface area contributed by atoms with Crippen LogP contribution in [0.25, 0.3) is 0 Å². The number of nitrogens with two attached hydrogens (primary N) is 1. The van der Waals surface area contributed by atoms with Crippen LogP contribution in [0, 0.1) is 5.92 Å². The van der Waals surface area contributed by atoms with Crippen molar-refractivity contribution in [3.05, 3.63) is 28.2 Å². The molecule has 3 unspecified atom stereocenters. The van der Waals surface area contributed by atoms with Crippen molar-refractivity contribution in [3.8, 4) is 0 Å². The fourth-order valence-electron chi connectivity index (χ4n) is 2.99. The van der Waals surface area contributed by atoms with Crippen LogP contribution >= 0.6 is 15.9 Å². The van der Waals surface area contributed by atoms with E-state index in [1.54, 1.807) is 0 Å². The molecular weight excluding hydrogens is 302 g/mol. The second-order valence-corrected chi connectivity index (χ2v) is 6.82. The maximum atomic E-state index is 6.11. The average molecular weight is 326 g/mol. The van der Waals surface area contributed by atoms with E-state index in [0.29, 0.717) is 12.0 Å². The van der Waals surface area contributed by atoms with Crippen molar-refractivity contribution in [2.45, 2.75) is 25.9 Å². The SMILES string of the molecule is CC(N)c1ccc(Br)cc1N1CC(C)C(N(C)C)C1. The molecule has 1 aromatic rings. The zero-order valence-corrected chi connectivity index (χ0v) is 13.8. The first kappa shape index (κ1) is 14.8. The highest BCUT2D eigenvalue weighted by Gasteiger charge is 2.32. The summed E-state index contributed by atoms with van der Waals surface area (Å²) in [6.07, 6.45) is 0. The Balaban J connectivity index is 2.30. The molecule has 3 atom stereocenters. The fraction of sp³-hybridized carbons (Fsp3) is 0.600. The Labute approximate surface area is 124 Å². The summed E-state index contributed by atoms with van der Waals surface area (Å²) in [5, 5.41) is 0. The number of nitrogens with zero attached hydrogens (tertiary/aromatic N) is 2. The van der Waals surface area contributed by atoms with E-state index >= 15 is 0 Å². The Morgan fingerprint density at radius 2 is 2.05 bits per heavy atom. The standard InChI is InChI=1S/C15H24BrN3/c1-10-8-19(9-15(10)18(3)4)14-7-12(16)5-6-13(14)11(2)17/h5-7,10-11,15H,8-9,17H2,1-4H3. The normalized spacial score (nSPS) is 25.1. The minimum atomic E-state index is 0.0665. The van der Waals surface area contributed by atoms with Crippen molar-refractivity contribution in [1.82, 2.24) is 4.90 Å². The average Bonchev–Trinajstić information content (AvgIpc) is 2.70. The minimum absolute atomic E-state index is 0.0665. The van der Waals surface area contributed by atoms with Gasteiger partial charge in [0.2, 0.25) is 0 Å². The maximum Gasteiger partial charge on any atom is 0.0426 e. The van der Waals surface area contributed by atoms with Gasteiger partial charge < -0.3 is 15.5 Å². The van der Waals surface area contributed by atoms with Crippen LogP contribution in [0.3, 0.4) is 0 Å². The van der Waals surface area contributed by atoms with Gasteiger partial charge in [0.1, 0.15) is 0 Å². The van der Waals surface area contributed by atoms with E-state index in [-0.39, 0.29) is 6.04 Å². The van der Waals surface area contributed by atoms with Gasteiger partial charge in [-0.1, -0.05) is 28.9 Å². The number of anilines is 1. The van der Waals surface area contributed by atoms with Gasteiger partial charge in [0.15, 0.2) is 0 Å². The van der Waals surface area contributed by atoms with Crippen LogP contribution in [0.1, 0.15) is 25.5 Å². The van der Waals surface area contributed by atoms with E-state index < -0.39 is 0 Å². The molecule has 1 fully saturated rings. The van der Waals surface area contributed by atoms with E-state index in [1.807, 2.05) is 0 Å². The summed E-state index contributed by atoms with van der Waals surface area (Å²) in [6, 6.07) is 7.09. The lowest BCUT2D eigenvalue weighted by atomic mass is 10.1. The Morgan fingerprint density at radius 1 is 1.37 bits per heavy atom. The number of likely N-dealkylation sites (N-methyl/N-ethyl adjacent to an activating group) is 1. The van der Waals surface area contributed by atoms with Gasteiger partial charge >= 0.3 is 0 Å². The Bertz CT molecular complexity index is 445. The molecule has 4 heteroatoms. The van der Waals surface area contributed by atoms with Crippen LogP contribution in [0.2, 0.25) is 0 Å². The molecule has 0 aromatic heterocycles. The predicted octanol–water partition coefficient (Wildman–Crippen LogP) is 2.86. The van der Waals surface area contributed by atoms with Crippen LogP contribution in [0.4, 0.5) is 5.69 Å². The molecule has 2 rings (SSSR count). The molecule has 0 amide bonds. The molecule has 2 N–H and O–H groups in total. The number of hydrogen-bond donors (Lipinski definition) is 1. The largest absolute Gasteiger partial charge is 0.369 e. The molecule has 0 radical (unpaired) electrons. The summed E-state index contributed by atoms with van der Waals surface area (Å²) in [6.45, 7) is 6.55. The highest BCUT2D eigenvalue weighted by atomic mass is 79.9. The lowest BCUT2D eigenvalue weighted by Gasteiger charge is -2.25. The van der Waals surface area contributed by atoms with Gasteiger partial charge in [-0.2, -0.15) is 0 Å². The second-order valence-electron chi connectivity index (χ2n) is 5.91. The molecule has 1 aliphatic heterocycles. The summed E-state index contributed by atoms with van der Waals surface area (Å²) in [5.41, 5.74) is 8.62. The lowest BCUT2D eigenvalue weighted by Crippen LogP contribution is -2.34. The summed E-state index contributed by atoms with van der Waals surface area (Å²) < 4.78 is 1.12. The Hall–Kier alpha value is -0.580. The van der Waals surface area contributed by atoms with Crippen molar-refractivity contribution < 1.29 is 0 Å². The molecule has 0 saturated carbocycles. The van der Waals surface area contributed by atoms with Crippen molar-refractivity contribution >= 4 is 21.6 Å². The Morgan fingerprint density at radius 3 is 2.58 bits per heavy atom. The molecule has 1 aromatic carbocycles. The van der Waals surface area contributed by atoms with E-state index in [0.717, 1.165) is 17.6 Å². The van der Waals surface area contributed by atoms with Crippen LogP contribution < -0.4 is 10.6 Å². The highest BCUT2D eigenvalue weighted by Crippen LogP contribution is 2.33. The topological polar surface area (TPSA) is 32.5 Å². The fourth-order valence-corrected chi connectivity index (χ4v) is 3.34. The lowest BCUT2D eigenvalue weighted by molar-refractivity contribution is 0.266. The molecular formula is C15H24BrN3. The molecule has 1 saturated heterocycles. The van der Waals surface area contributed by atoms with E-state index in [2.05, 4.69) is 71.9 Å². The van der Waals surface area contributed by atoms with Gasteiger partial charge in [-0.15, -0.1) is 0 Å². The zero-order chi connectivity index (χ0) is 14.2. The van der Waals surface area contributed by atoms with Gasteiger partial charge in [0.05, 0.1) is 0 Å². The van der Waals surface area contributed by atoms with Gasteiger partial charge in [0.25, 0.3) is 0 Å². The molecule has 1 heterocycles. The van der Waals surface area contributed by atoms with E-state index in [1.165, 1.54) is 11.3 Å². The van der Waals surface area contributed by atoms with Gasteiger partial charge in [-0.05, 0) is 44.6 Å². The third kappa shape index (κ3) is 3.12. The van der Waals surface area contributed by atoms with Gasteiger partial charge in [0, 0.05) is 35.3 Å². The second kappa shape index (κ2) is 5.81. The van der Waals surface area contributed by atoms with Crippen LogP contribution in [0.15, 0.2) is 22.7 Å². The number of benzene rings is 1. The molecule has 0 spiro atoms. The third-order valence-corrected chi connectivity index (χ3v) is 4.55. The molecule has 0 bridgehead atoms. The molecule has 106 valence electrons. The highest BCUT2D eigenvalue weighted by molar-refractivity contribution is 9.10. The number of rotatable bonds is 3. The third-order valence-electron chi connectivity index (χ3n) is 4.06.